The van der Waals surface area contributed by atoms with Crippen molar-refractivity contribution in [1.29, 1.82) is 0 Å². The molecule has 106 valence electrons. The average molecular weight is 296 g/mol. The van der Waals surface area contributed by atoms with Crippen molar-refractivity contribution in [2.75, 3.05) is 0 Å². The molecule has 0 spiro atoms. The third kappa shape index (κ3) is 2.29. The first-order valence-electron chi connectivity index (χ1n) is 7.42. The molecule has 0 saturated carbocycles. The van der Waals surface area contributed by atoms with E-state index >= 15 is 0 Å². The lowest BCUT2D eigenvalue weighted by atomic mass is 10.1. The second-order valence-corrected chi connectivity index (χ2v) is 5.94. The van der Waals surface area contributed by atoms with Gasteiger partial charge in [-0.3, -0.25) is 0 Å². The normalized spacial score (nSPS) is 14.9. The molecule has 1 N–H and O–H groups in total. The molecule has 4 rings (SSSR count). The van der Waals surface area contributed by atoms with Gasteiger partial charge in [-0.05, 0) is 37.8 Å². The molecule has 0 unspecified atom stereocenters. The molecule has 0 atom stereocenters. The van der Waals surface area contributed by atoms with Crippen molar-refractivity contribution in [3.8, 4) is 11.6 Å². The summed E-state index contributed by atoms with van der Waals surface area (Å²) in [7, 11) is 0. The third-order valence-electron chi connectivity index (χ3n) is 4.12. The predicted molar refractivity (Wildman–Crippen MR) is 85.9 cm³/mol. The summed E-state index contributed by atoms with van der Waals surface area (Å²) in [6.07, 6.45) is 5.77. The Balaban J connectivity index is 1.86. The molecule has 4 heteroatoms. The Morgan fingerprint density at radius 3 is 2.86 bits per heavy atom. The van der Waals surface area contributed by atoms with Gasteiger partial charge >= 0.3 is 0 Å². The number of aryl methyl sites for hydroxylation is 1. The fourth-order valence-electron chi connectivity index (χ4n) is 3.01. The van der Waals surface area contributed by atoms with Gasteiger partial charge in [0.25, 0.3) is 0 Å². The van der Waals surface area contributed by atoms with Crippen LogP contribution < -0.4 is 0 Å². The van der Waals surface area contributed by atoms with E-state index in [9.17, 15) is 0 Å². The summed E-state index contributed by atoms with van der Waals surface area (Å²) in [5, 5.41) is 1.09. The number of nitrogens with zero attached hydrogens (tertiary/aromatic N) is 1. The van der Waals surface area contributed by atoms with Crippen LogP contribution in [0.1, 0.15) is 30.5 Å². The highest BCUT2D eigenvalue weighted by Gasteiger charge is 2.15. The van der Waals surface area contributed by atoms with Gasteiger partial charge in [-0.2, -0.15) is 0 Å². The molecule has 1 aromatic carbocycles. The maximum Gasteiger partial charge on any atom is 0.175 e. The highest BCUT2D eigenvalue weighted by Crippen LogP contribution is 2.27. The van der Waals surface area contributed by atoms with Gasteiger partial charge in [-0.15, -0.1) is 0 Å². The molecular weight excluding hydrogens is 280 g/mol. The van der Waals surface area contributed by atoms with Crippen LogP contribution in [0.25, 0.3) is 22.6 Å². The Morgan fingerprint density at radius 1 is 1.10 bits per heavy atom. The number of nitrogens with one attached hydrogen (secondary N) is 1. The van der Waals surface area contributed by atoms with E-state index < -0.39 is 0 Å². The molecule has 3 nitrogen and oxygen atoms in total. The van der Waals surface area contributed by atoms with Crippen LogP contribution in [0, 0.1) is 4.64 Å². The Labute approximate surface area is 128 Å². The summed E-state index contributed by atoms with van der Waals surface area (Å²) in [6, 6.07) is 10.0. The minimum absolute atomic E-state index is 0.723. The molecule has 1 aliphatic carbocycles. The maximum absolute atomic E-state index is 5.89. The van der Waals surface area contributed by atoms with E-state index in [4.69, 9.17) is 16.6 Å². The minimum atomic E-state index is 0.723. The van der Waals surface area contributed by atoms with Gasteiger partial charge in [-0.25, -0.2) is 4.98 Å². The molecule has 1 aliphatic rings. The van der Waals surface area contributed by atoms with Crippen molar-refractivity contribution in [2.24, 2.45) is 0 Å². The molecule has 3 aromatic rings. The van der Waals surface area contributed by atoms with Gasteiger partial charge in [0, 0.05) is 16.6 Å². The molecule has 21 heavy (non-hydrogen) atoms. The van der Waals surface area contributed by atoms with Crippen LogP contribution in [-0.4, -0.2) is 9.97 Å². The molecule has 0 amide bonds. The Morgan fingerprint density at radius 2 is 1.95 bits per heavy atom. The fourth-order valence-corrected chi connectivity index (χ4v) is 3.33. The molecule has 0 aliphatic heterocycles. The molecule has 0 bridgehead atoms. The lowest BCUT2D eigenvalue weighted by Crippen LogP contribution is -2.01. The SMILES string of the molecule is S=c1nc(-c2cc3ccccc3o2)[nH]c2c1CCCCC2. The van der Waals surface area contributed by atoms with E-state index in [1.165, 1.54) is 30.5 Å². The third-order valence-corrected chi connectivity index (χ3v) is 4.46. The predicted octanol–water partition coefficient (Wildman–Crippen LogP) is 4.82. The van der Waals surface area contributed by atoms with Crippen LogP contribution in [0.2, 0.25) is 0 Å². The molecule has 2 heterocycles. The largest absolute Gasteiger partial charge is 0.453 e. The van der Waals surface area contributed by atoms with Crippen molar-refractivity contribution >= 4 is 23.2 Å². The number of rotatable bonds is 1. The van der Waals surface area contributed by atoms with E-state index in [-0.39, 0.29) is 0 Å². The molecular formula is C17H16N2OS. The highest BCUT2D eigenvalue weighted by atomic mass is 32.1. The number of H-pyrrole nitrogens is 1. The van der Waals surface area contributed by atoms with E-state index in [2.05, 4.69) is 9.97 Å². The van der Waals surface area contributed by atoms with E-state index in [1.807, 2.05) is 30.3 Å². The van der Waals surface area contributed by atoms with Gasteiger partial charge < -0.3 is 9.40 Å². The smallest absolute Gasteiger partial charge is 0.175 e. The zero-order valence-corrected chi connectivity index (χ0v) is 12.5. The zero-order valence-electron chi connectivity index (χ0n) is 11.7. The lowest BCUT2D eigenvalue weighted by Gasteiger charge is -2.07. The molecule has 0 fully saturated rings. The Bertz CT molecular complexity index is 830. The van der Waals surface area contributed by atoms with Crippen LogP contribution in [0.15, 0.2) is 34.7 Å². The second kappa shape index (κ2) is 5.11. The summed E-state index contributed by atoms with van der Waals surface area (Å²) in [5.74, 6) is 1.51. The summed E-state index contributed by atoms with van der Waals surface area (Å²) in [5.41, 5.74) is 3.34. The molecule has 2 aromatic heterocycles. The van der Waals surface area contributed by atoms with Crippen LogP contribution in [0.3, 0.4) is 0 Å². The van der Waals surface area contributed by atoms with Crippen molar-refractivity contribution in [3.63, 3.8) is 0 Å². The molecule has 0 radical (unpaired) electrons. The van der Waals surface area contributed by atoms with Crippen molar-refractivity contribution in [3.05, 3.63) is 46.2 Å². The Hall–Kier alpha value is -1.94. The summed E-state index contributed by atoms with van der Waals surface area (Å²) in [4.78, 5) is 8.01. The number of benzene rings is 1. The first-order chi connectivity index (χ1) is 10.3. The van der Waals surface area contributed by atoms with E-state index in [0.717, 1.165) is 40.0 Å². The number of fused-ring (bicyclic) bond motifs is 2. The van der Waals surface area contributed by atoms with Crippen LogP contribution in [0.4, 0.5) is 0 Å². The van der Waals surface area contributed by atoms with Crippen molar-refractivity contribution < 1.29 is 4.42 Å². The monoisotopic (exact) mass is 296 g/mol. The number of furan rings is 1. The zero-order chi connectivity index (χ0) is 14.2. The molecule has 0 saturated heterocycles. The van der Waals surface area contributed by atoms with E-state index in [1.54, 1.807) is 0 Å². The van der Waals surface area contributed by atoms with Gasteiger partial charge in [0.1, 0.15) is 10.2 Å². The topological polar surface area (TPSA) is 41.8 Å². The second-order valence-electron chi connectivity index (χ2n) is 5.56. The van der Waals surface area contributed by atoms with E-state index in [0.29, 0.717) is 0 Å². The lowest BCUT2D eigenvalue weighted by molar-refractivity contribution is 0.623. The van der Waals surface area contributed by atoms with Gasteiger partial charge in [0.15, 0.2) is 11.6 Å². The first-order valence-corrected chi connectivity index (χ1v) is 7.83. The van der Waals surface area contributed by atoms with Crippen LogP contribution in [-0.2, 0) is 12.8 Å². The summed E-state index contributed by atoms with van der Waals surface area (Å²) in [6.45, 7) is 0. The number of hydrogen-bond donors (Lipinski definition) is 1. The number of aromatic amines is 1. The quantitative estimate of drug-likeness (QED) is 0.517. The summed E-state index contributed by atoms with van der Waals surface area (Å²) < 4.78 is 6.61. The maximum atomic E-state index is 5.89. The van der Waals surface area contributed by atoms with Crippen LogP contribution >= 0.6 is 12.2 Å². The summed E-state index contributed by atoms with van der Waals surface area (Å²) >= 11 is 5.49. The fraction of sp³-hybridized carbons (Fsp3) is 0.294. The first kappa shape index (κ1) is 12.8. The number of hydrogen-bond acceptors (Lipinski definition) is 3. The van der Waals surface area contributed by atoms with Gasteiger partial charge in [-0.1, -0.05) is 36.8 Å². The van der Waals surface area contributed by atoms with Crippen molar-refractivity contribution in [2.45, 2.75) is 32.1 Å². The Kier molecular flexibility index (Phi) is 3.11. The highest BCUT2D eigenvalue weighted by molar-refractivity contribution is 7.71. The van der Waals surface area contributed by atoms with Crippen LogP contribution in [0.5, 0.6) is 0 Å². The number of aromatic nitrogens is 2. The van der Waals surface area contributed by atoms with Gasteiger partial charge in [0.05, 0.1) is 0 Å². The standard InChI is InChI=1S/C17H16N2OS/c21-17-12-7-2-1-3-8-13(12)18-16(19-17)15-10-11-6-4-5-9-14(11)20-15/h4-6,9-10H,1-3,7-8H2,(H,18,19,21). The van der Waals surface area contributed by atoms with Gasteiger partial charge in [0.2, 0.25) is 0 Å². The minimum Gasteiger partial charge on any atom is -0.453 e. The van der Waals surface area contributed by atoms with Crippen molar-refractivity contribution in [1.82, 2.24) is 9.97 Å². The average Bonchev–Trinajstić information content (AvgIpc) is 2.78. The number of para-hydroxylation sites is 1.